The maximum Gasteiger partial charge on any atom is 0.219 e. The molecule has 2 aliphatic rings. The Labute approximate surface area is 135 Å². The van der Waals surface area contributed by atoms with E-state index >= 15 is 0 Å². The first-order chi connectivity index (χ1) is 11.2. The number of ether oxygens (including phenoxy) is 2. The van der Waals surface area contributed by atoms with E-state index in [-0.39, 0.29) is 5.96 Å². The minimum atomic E-state index is -0.0158. The first kappa shape index (κ1) is 15.7. The maximum atomic E-state index is 7.50. The van der Waals surface area contributed by atoms with Gasteiger partial charge in [0.1, 0.15) is 0 Å². The van der Waals surface area contributed by atoms with Crippen molar-refractivity contribution in [3.8, 4) is 5.75 Å². The Balaban J connectivity index is 1.67. The molecule has 8 heteroatoms. The fraction of sp³-hybridized carbons (Fsp3) is 0.533. The Morgan fingerprint density at radius 1 is 1.43 bits per heavy atom. The fourth-order valence-electron chi connectivity index (χ4n) is 2.80. The first-order valence-corrected chi connectivity index (χ1v) is 7.64. The van der Waals surface area contributed by atoms with Crippen LogP contribution in [0.2, 0.25) is 0 Å². The molecule has 23 heavy (non-hydrogen) atoms. The van der Waals surface area contributed by atoms with E-state index in [4.69, 9.17) is 14.9 Å². The quantitative estimate of drug-likeness (QED) is 0.626. The number of hydrogen-bond acceptors (Lipinski definition) is 6. The van der Waals surface area contributed by atoms with Crippen LogP contribution in [0, 0.1) is 5.41 Å². The second-order valence-electron chi connectivity index (χ2n) is 5.60. The van der Waals surface area contributed by atoms with Gasteiger partial charge in [-0.15, -0.1) is 0 Å². The number of hydrogen-bond donors (Lipinski definition) is 2. The van der Waals surface area contributed by atoms with Crippen LogP contribution >= 0.6 is 0 Å². The van der Waals surface area contributed by atoms with E-state index in [9.17, 15) is 0 Å². The van der Waals surface area contributed by atoms with Crippen LogP contribution in [0.15, 0.2) is 17.3 Å². The molecule has 0 aromatic carbocycles. The SMILES string of the molecule is C=NC(=N)Nc1cnc(N2CCN(C3COC3)CC2)c(OC)c1. The Kier molecular flexibility index (Phi) is 4.73. The highest BCUT2D eigenvalue weighted by molar-refractivity contribution is 5.94. The molecule has 2 N–H and O–H groups in total. The monoisotopic (exact) mass is 318 g/mol. The molecule has 2 fully saturated rings. The number of aromatic nitrogens is 1. The van der Waals surface area contributed by atoms with E-state index in [0.717, 1.165) is 45.2 Å². The first-order valence-electron chi connectivity index (χ1n) is 7.64. The van der Waals surface area contributed by atoms with Crippen LogP contribution in [-0.4, -0.2) is 75.1 Å². The summed E-state index contributed by atoms with van der Waals surface area (Å²) in [6.45, 7) is 8.85. The van der Waals surface area contributed by atoms with E-state index in [2.05, 4.69) is 31.8 Å². The van der Waals surface area contributed by atoms with Crippen LogP contribution in [0.4, 0.5) is 11.5 Å². The second kappa shape index (κ2) is 6.93. The average molecular weight is 318 g/mol. The van der Waals surface area contributed by atoms with Gasteiger partial charge in [-0.05, 0) is 6.72 Å². The number of methoxy groups -OCH3 is 1. The zero-order valence-electron chi connectivity index (χ0n) is 13.3. The lowest BCUT2D eigenvalue weighted by Gasteiger charge is -2.43. The lowest BCUT2D eigenvalue weighted by molar-refractivity contribution is -0.0661. The topological polar surface area (TPSA) is 86.1 Å². The molecule has 0 saturated carbocycles. The summed E-state index contributed by atoms with van der Waals surface area (Å²) in [5.41, 5.74) is 0.660. The summed E-state index contributed by atoms with van der Waals surface area (Å²) in [6.07, 6.45) is 1.68. The van der Waals surface area contributed by atoms with Crippen molar-refractivity contribution in [3.63, 3.8) is 0 Å². The molecule has 0 amide bonds. The van der Waals surface area contributed by atoms with Gasteiger partial charge >= 0.3 is 0 Å². The molecule has 1 aromatic heterocycles. The smallest absolute Gasteiger partial charge is 0.219 e. The average Bonchev–Trinajstić information content (AvgIpc) is 2.54. The summed E-state index contributed by atoms with van der Waals surface area (Å²) in [5, 5.41) is 10.3. The van der Waals surface area contributed by atoms with Crippen molar-refractivity contribution >= 4 is 24.2 Å². The van der Waals surface area contributed by atoms with Gasteiger partial charge in [-0.2, -0.15) is 0 Å². The predicted octanol–water partition coefficient (Wildman–Crippen LogP) is 0.658. The van der Waals surface area contributed by atoms with E-state index in [1.807, 2.05) is 6.07 Å². The standard InChI is InChI=1S/C15H22N6O2/c1-17-15(16)19-11-7-13(22-2)14(18-8-11)21-5-3-20(4-6-21)12-9-23-10-12/h7-8,12H,1,3-6,9-10H2,2H3,(H2,16,19). The van der Waals surface area contributed by atoms with Crippen molar-refractivity contribution in [1.82, 2.24) is 9.88 Å². The van der Waals surface area contributed by atoms with Crippen molar-refractivity contribution in [2.45, 2.75) is 6.04 Å². The number of piperazine rings is 1. The molecule has 124 valence electrons. The van der Waals surface area contributed by atoms with Gasteiger partial charge in [-0.25, -0.2) is 9.98 Å². The highest BCUT2D eigenvalue weighted by Crippen LogP contribution is 2.29. The van der Waals surface area contributed by atoms with Crippen molar-refractivity contribution < 1.29 is 9.47 Å². The van der Waals surface area contributed by atoms with E-state index in [1.165, 1.54) is 0 Å². The second-order valence-corrected chi connectivity index (χ2v) is 5.60. The van der Waals surface area contributed by atoms with Crippen molar-refractivity contribution in [2.75, 3.05) is 56.7 Å². The van der Waals surface area contributed by atoms with E-state index < -0.39 is 0 Å². The van der Waals surface area contributed by atoms with Gasteiger partial charge in [0, 0.05) is 32.2 Å². The summed E-state index contributed by atoms with van der Waals surface area (Å²) in [4.78, 5) is 12.7. The van der Waals surface area contributed by atoms with Crippen LogP contribution in [0.3, 0.4) is 0 Å². The Hall–Kier alpha value is -2.19. The molecule has 0 spiro atoms. The minimum absolute atomic E-state index is 0.0158. The lowest BCUT2D eigenvalue weighted by Crippen LogP contribution is -2.56. The van der Waals surface area contributed by atoms with Gasteiger partial charge in [-0.3, -0.25) is 10.3 Å². The fourth-order valence-corrected chi connectivity index (χ4v) is 2.80. The van der Waals surface area contributed by atoms with Gasteiger partial charge in [0.15, 0.2) is 11.6 Å². The summed E-state index contributed by atoms with van der Waals surface area (Å²) >= 11 is 0. The third-order valence-electron chi connectivity index (χ3n) is 4.22. The maximum absolute atomic E-state index is 7.50. The molecule has 2 aliphatic heterocycles. The molecule has 0 radical (unpaired) electrons. The largest absolute Gasteiger partial charge is 0.493 e. The normalized spacial score (nSPS) is 19.1. The number of nitrogens with zero attached hydrogens (tertiary/aromatic N) is 4. The number of guanidine groups is 1. The minimum Gasteiger partial charge on any atom is -0.493 e. The Morgan fingerprint density at radius 2 is 2.17 bits per heavy atom. The zero-order chi connectivity index (χ0) is 16.2. The third kappa shape index (κ3) is 3.43. The molecule has 0 unspecified atom stereocenters. The van der Waals surface area contributed by atoms with Crippen LogP contribution < -0.4 is 15.0 Å². The van der Waals surface area contributed by atoms with Gasteiger partial charge in [0.2, 0.25) is 5.96 Å². The lowest BCUT2D eigenvalue weighted by atomic mass is 10.2. The molecule has 3 heterocycles. The molecule has 0 bridgehead atoms. The summed E-state index contributed by atoms with van der Waals surface area (Å²) in [7, 11) is 1.63. The predicted molar refractivity (Wildman–Crippen MR) is 90.1 cm³/mol. The van der Waals surface area contributed by atoms with Crippen molar-refractivity contribution in [2.24, 2.45) is 4.99 Å². The molecule has 0 atom stereocenters. The number of pyridine rings is 1. The van der Waals surface area contributed by atoms with E-state index in [0.29, 0.717) is 17.5 Å². The molecule has 0 aliphatic carbocycles. The van der Waals surface area contributed by atoms with Crippen LogP contribution in [0.25, 0.3) is 0 Å². The van der Waals surface area contributed by atoms with E-state index in [1.54, 1.807) is 13.3 Å². The van der Waals surface area contributed by atoms with Gasteiger partial charge in [0.25, 0.3) is 0 Å². The number of aliphatic imine (C=N–C) groups is 1. The molecular formula is C15H22N6O2. The molecule has 2 saturated heterocycles. The molecule has 8 nitrogen and oxygen atoms in total. The summed E-state index contributed by atoms with van der Waals surface area (Å²) in [5.74, 6) is 1.51. The third-order valence-corrected chi connectivity index (χ3v) is 4.22. The molecule has 1 aromatic rings. The van der Waals surface area contributed by atoms with Gasteiger partial charge in [0.05, 0.1) is 38.2 Å². The molecule has 3 rings (SSSR count). The summed E-state index contributed by atoms with van der Waals surface area (Å²) in [6, 6.07) is 2.41. The number of rotatable bonds is 4. The van der Waals surface area contributed by atoms with Crippen LogP contribution in [-0.2, 0) is 4.74 Å². The Morgan fingerprint density at radius 3 is 2.74 bits per heavy atom. The van der Waals surface area contributed by atoms with Crippen LogP contribution in [0.5, 0.6) is 5.75 Å². The number of anilines is 2. The Bertz CT molecular complexity index is 581. The summed E-state index contributed by atoms with van der Waals surface area (Å²) < 4.78 is 10.7. The van der Waals surface area contributed by atoms with Crippen LogP contribution in [0.1, 0.15) is 0 Å². The van der Waals surface area contributed by atoms with Gasteiger partial charge < -0.3 is 19.7 Å². The van der Waals surface area contributed by atoms with Gasteiger partial charge in [-0.1, -0.05) is 0 Å². The van der Waals surface area contributed by atoms with Crippen molar-refractivity contribution in [1.29, 1.82) is 5.41 Å². The molecular weight excluding hydrogens is 296 g/mol. The zero-order valence-corrected chi connectivity index (χ0v) is 13.3. The highest BCUT2D eigenvalue weighted by atomic mass is 16.5. The number of nitrogens with one attached hydrogen (secondary N) is 2. The van der Waals surface area contributed by atoms with Crippen molar-refractivity contribution in [3.05, 3.63) is 12.3 Å². The highest BCUT2D eigenvalue weighted by Gasteiger charge is 2.29.